The molecule has 0 bridgehead atoms. The third kappa shape index (κ3) is 2.49. The fourth-order valence-corrected chi connectivity index (χ4v) is 3.56. The van der Waals surface area contributed by atoms with Crippen molar-refractivity contribution in [3.63, 3.8) is 0 Å². The van der Waals surface area contributed by atoms with Gasteiger partial charge in [-0.05, 0) is 32.6 Å². The quantitative estimate of drug-likeness (QED) is 0.314. The van der Waals surface area contributed by atoms with E-state index in [-0.39, 0.29) is 35.8 Å². The molecule has 114 valence electrons. The molecular formula is C14H25N3O3. The first-order valence-electron chi connectivity index (χ1n) is 7.37. The maximum Gasteiger partial charge on any atom is 0.226 e. The molecule has 2 fully saturated rings. The molecule has 1 aliphatic heterocycles. The van der Waals surface area contributed by atoms with Crippen LogP contribution in [0.25, 0.3) is 0 Å². The summed E-state index contributed by atoms with van der Waals surface area (Å²) in [6.07, 6.45) is 3.36. The van der Waals surface area contributed by atoms with Crippen LogP contribution >= 0.6 is 0 Å². The Hall–Kier alpha value is -1.30. The van der Waals surface area contributed by atoms with E-state index in [1.165, 1.54) is 0 Å². The number of amidine groups is 1. The maximum absolute atomic E-state index is 12.6. The summed E-state index contributed by atoms with van der Waals surface area (Å²) in [5.41, 5.74) is 5.13. The summed E-state index contributed by atoms with van der Waals surface area (Å²) >= 11 is 0. The zero-order valence-corrected chi connectivity index (χ0v) is 12.4. The van der Waals surface area contributed by atoms with E-state index >= 15 is 0 Å². The van der Waals surface area contributed by atoms with Gasteiger partial charge in [-0.25, -0.2) is 0 Å². The Morgan fingerprint density at radius 2 is 1.90 bits per heavy atom. The van der Waals surface area contributed by atoms with Crippen molar-refractivity contribution in [1.82, 2.24) is 5.32 Å². The van der Waals surface area contributed by atoms with Crippen LogP contribution in [0.1, 0.15) is 46.5 Å². The average molecular weight is 283 g/mol. The molecule has 0 aromatic rings. The minimum atomic E-state index is -0.683. The third-order valence-electron chi connectivity index (χ3n) is 4.96. The molecule has 0 radical (unpaired) electrons. The van der Waals surface area contributed by atoms with Gasteiger partial charge in [0, 0.05) is 0 Å². The van der Waals surface area contributed by atoms with Gasteiger partial charge in [0.2, 0.25) is 5.91 Å². The van der Waals surface area contributed by atoms with Crippen molar-refractivity contribution in [1.29, 1.82) is 0 Å². The minimum absolute atomic E-state index is 0.0529. The summed E-state index contributed by atoms with van der Waals surface area (Å²) in [5.74, 6) is 0.0307. The van der Waals surface area contributed by atoms with E-state index in [1.807, 2.05) is 20.8 Å². The number of carbonyl (C=O) groups excluding carboxylic acids is 1. The highest BCUT2D eigenvalue weighted by molar-refractivity contribution is 5.94. The van der Waals surface area contributed by atoms with E-state index in [1.54, 1.807) is 0 Å². The molecule has 1 aliphatic carbocycles. The highest BCUT2D eigenvalue weighted by Gasteiger charge is 2.46. The van der Waals surface area contributed by atoms with E-state index in [9.17, 15) is 4.79 Å². The summed E-state index contributed by atoms with van der Waals surface area (Å²) in [5, 5.41) is 15.1. The number of hydrogen-bond acceptors (Lipinski definition) is 4. The first kappa shape index (κ1) is 15.1. The van der Waals surface area contributed by atoms with Crippen molar-refractivity contribution in [3.05, 3.63) is 0 Å². The summed E-state index contributed by atoms with van der Waals surface area (Å²) in [4.78, 5) is 12.6. The Morgan fingerprint density at radius 1 is 1.30 bits per heavy atom. The van der Waals surface area contributed by atoms with E-state index in [0.29, 0.717) is 0 Å². The third-order valence-corrected chi connectivity index (χ3v) is 4.96. The lowest BCUT2D eigenvalue weighted by atomic mass is 9.87. The number of nitrogens with one attached hydrogen (secondary N) is 1. The SMILES string of the molecule is CC1OC(C)C(C(=O)NC2(C(N)=NO)CCCC2)C1C. The summed E-state index contributed by atoms with van der Waals surface area (Å²) in [6.45, 7) is 5.95. The summed E-state index contributed by atoms with van der Waals surface area (Å²) in [6, 6.07) is 0. The van der Waals surface area contributed by atoms with Gasteiger partial charge < -0.3 is 21.0 Å². The van der Waals surface area contributed by atoms with Gasteiger partial charge in [-0.2, -0.15) is 0 Å². The van der Waals surface area contributed by atoms with Gasteiger partial charge >= 0.3 is 0 Å². The number of carbonyl (C=O) groups is 1. The second kappa shape index (κ2) is 5.60. The lowest BCUT2D eigenvalue weighted by molar-refractivity contribution is -0.128. The number of hydrogen-bond donors (Lipinski definition) is 3. The van der Waals surface area contributed by atoms with Crippen LogP contribution in [0.2, 0.25) is 0 Å². The zero-order chi connectivity index (χ0) is 14.9. The smallest absolute Gasteiger partial charge is 0.226 e. The maximum atomic E-state index is 12.6. The number of nitrogens with zero attached hydrogens (tertiary/aromatic N) is 1. The lowest BCUT2D eigenvalue weighted by Gasteiger charge is -2.31. The molecule has 1 saturated carbocycles. The van der Waals surface area contributed by atoms with Crippen LogP contribution < -0.4 is 11.1 Å². The molecule has 1 heterocycles. The largest absolute Gasteiger partial charge is 0.409 e. The molecule has 4 atom stereocenters. The van der Waals surface area contributed by atoms with Gasteiger partial charge in [-0.3, -0.25) is 4.79 Å². The Labute approximate surface area is 119 Å². The van der Waals surface area contributed by atoms with Crippen LogP contribution in [0.15, 0.2) is 5.16 Å². The van der Waals surface area contributed by atoms with E-state index < -0.39 is 5.54 Å². The molecule has 0 spiro atoms. The zero-order valence-electron chi connectivity index (χ0n) is 12.4. The monoisotopic (exact) mass is 283 g/mol. The molecule has 4 N–H and O–H groups in total. The second-order valence-electron chi connectivity index (χ2n) is 6.19. The standard InChI is InChI=1S/C14H25N3O3/c1-8-9(2)20-10(3)11(8)12(18)16-14(13(15)17-19)6-4-5-7-14/h8-11,19H,4-7H2,1-3H3,(H2,15,17)(H,16,18). The van der Waals surface area contributed by atoms with Crippen LogP contribution in [0.5, 0.6) is 0 Å². The van der Waals surface area contributed by atoms with Crippen molar-refractivity contribution in [2.24, 2.45) is 22.7 Å². The molecule has 0 aromatic heterocycles. The fourth-order valence-electron chi connectivity index (χ4n) is 3.56. The average Bonchev–Trinajstić information content (AvgIpc) is 2.95. The Bertz CT molecular complexity index is 404. The first-order chi connectivity index (χ1) is 9.41. The predicted molar refractivity (Wildman–Crippen MR) is 75.4 cm³/mol. The van der Waals surface area contributed by atoms with E-state index in [0.717, 1.165) is 25.7 Å². The molecule has 2 rings (SSSR count). The predicted octanol–water partition coefficient (Wildman–Crippen LogP) is 1.22. The van der Waals surface area contributed by atoms with Crippen LogP contribution in [0.4, 0.5) is 0 Å². The van der Waals surface area contributed by atoms with Gasteiger partial charge in [0.05, 0.1) is 18.1 Å². The number of ether oxygens (including phenoxy) is 1. The molecule has 1 saturated heterocycles. The highest BCUT2D eigenvalue weighted by atomic mass is 16.5. The van der Waals surface area contributed by atoms with Crippen LogP contribution in [-0.2, 0) is 9.53 Å². The molecule has 4 unspecified atom stereocenters. The van der Waals surface area contributed by atoms with Gasteiger partial charge in [-0.15, -0.1) is 0 Å². The Kier molecular flexibility index (Phi) is 4.22. The van der Waals surface area contributed by atoms with Gasteiger partial charge in [0.25, 0.3) is 0 Å². The van der Waals surface area contributed by atoms with Gasteiger partial charge in [0.1, 0.15) is 5.54 Å². The molecule has 1 amide bonds. The van der Waals surface area contributed by atoms with Crippen molar-refractivity contribution in [2.75, 3.05) is 0 Å². The molecular weight excluding hydrogens is 258 g/mol. The summed E-state index contributed by atoms with van der Waals surface area (Å²) < 4.78 is 5.72. The Balaban J connectivity index is 2.14. The molecule has 20 heavy (non-hydrogen) atoms. The van der Waals surface area contributed by atoms with E-state index in [4.69, 9.17) is 15.7 Å². The highest BCUT2D eigenvalue weighted by Crippen LogP contribution is 2.35. The van der Waals surface area contributed by atoms with E-state index in [2.05, 4.69) is 10.5 Å². The molecule has 0 aromatic carbocycles. The minimum Gasteiger partial charge on any atom is -0.409 e. The molecule has 6 heteroatoms. The normalized spacial score (nSPS) is 37.0. The Morgan fingerprint density at radius 3 is 2.35 bits per heavy atom. The second-order valence-corrected chi connectivity index (χ2v) is 6.19. The van der Waals surface area contributed by atoms with Crippen LogP contribution in [0, 0.1) is 11.8 Å². The van der Waals surface area contributed by atoms with Crippen LogP contribution in [-0.4, -0.2) is 34.7 Å². The molecule has 6 nitrogen and oxygen atoms in total. The van der Waals surface area contributed by atoms with Crippen molar-refractivity contribution in [3.8, 4) is 0 Å². The lowest BCUT2D eigenvalue weighted by Crippen LogP contribution is -2.58. The van der Waals surface area contributed by atoms with Gasteiger partial charge in [-0.1, -0.05) is 24.9 Å². The summed E-state index contributed by atoms with van der Waals surface area (Å²) in [7, 11) is 0. The van der Waals surface area contributed by atoms with Crippen LogP contribution in [0.3, 0.4) is 0 Å². The van der Waals surface area contributed by atoms with Crippen molar-refractivity contribution < 1.29 is 14.7 Å². The van der Waals surface area contributed by atoms with Gasteiger partial charge in [0.15, 0.2) is 5.84 Å². The topological polar surface area (TPSA) is 96.9 Å². The van der Waals surface area contributed by atoms with Crippen molar-refractivity contribution >= 4 is 11.7 Å². The first-order valence-corrected chi connectivity index (χ1v) is 7.37. The van der Waals surface area contributed by atoms with Crippen molar-refractivity contribution in [2.45, 2.75) is 64.2 Å². The fraction of sp³-hybridized carbons (Fsp3) is 0.857. The molecule has 2 aliphatic rings. The number of rotatable bonds is 3. The number of oxime groups is 1. The number of nitrogens with two attached hydrogens (primary N) is 1. The number of amides is 1.